The zero-order valence-corrected chi connectivity index (χ0v) is 20.6. The number of esters is 1. The molecule has 0 fully saturated rings. The second-order valence-electron chi connectivity index (χ2n) is 8.45. The van der Waals surface area contributed by atoms with Gasteiger partial charge in [0.05, 0.1) is 18.4 Å². The first-order valence-corrected chi connectivity index (χ1v) is 13.6. The SMILES string of the molecule is COC(=O)c1c(NC(=O)CSc2ncnc3sc4c(c23)CCCC4)sc2c1CCC(C)C2. The zero-order chi connectivity index (χ0) is 22.2. The summed E-state index contributed by atoms with van der Waals surface area (Å²) in [5.41, 5.74) is 2.95. The van der Waals surface area contributed by atoms with Crippen LogP contribution in [0.2, 0.25) is 0 Å². The summed E-state index contributed by atoms with van der Waals surface area (Å²) in [6.45, 7) is 2.22. The summed E-state index contributed by atoms with van der Waals surface area (Å²) in [7, 11) is 1.39. The predicted molar refractivity (Wildman–Crippen MR) is 130 cm³/mol. The van der Waals surface area contributed by atoms with Gasteiger partial charge in [-0.1, -0.05) is 18.7 Å². The van der Waals surface area contributed by atoms with Crippen LogP contribution in [-0.4, -0.2) is 34.7 Å². The number of thiophene rings is 2. The lowest BCUT2D eigenvalue weighted by atomic mass is 9.88. The van der Waals surface area contributed by atoms with E-state index in [-0.39, 0.29) is 17.6 Å². The van der Waals surface area contributed by atoms with Crippen molar-refractivity contribution in [2.24, 2.45) is 5.92 Å². The second kappa shape index (κ2) is 9.11. The molecule has 6 nitrogen and oxygen atoms in total. The van der Waals surface area contributed by atoms with Gasteiger partial charge in [-0.05, 0) is 62.0 Å². The minimum Gasteiger partial charge on any atom is -0.465 e. The average Bonchev–Trinajstić information content (AvgIpc) is 3.34. The molecule has 0 bridgehead atoms. The van der Waals surface area contributed by atoms with E-state index in [1.165, 1.54) is 58.4 Å². The van der Waals surface area contributed by atoms with Crippen molar-refractivity contribution in [1.29, 1.82) is 0 Å². The molecule has 0 aliphatic heterocycles. The van der Waals surface area contributed by atoms with E-state index in [1.54, 1.807) is 17.7 Å². The Hall–Kier alpha value is -1.97. The van der Waals surface area contributed by atoms with E-state index >= 15 is 0 Å². The van der Waals surface area contributed by atoms with E-state index < -0.39 is 0 Å². The van der Waals surface area contributed by atoms with Crippen molar-refractivity contribution in [2.45, 2.75) is 56.9 Å². The first-order chi connectivity index (χ1) is 15.5. The fourth-order valence-electron chi connectivity index (χ4n) is 4.62. The third-order valence-electron chi connectivity index (χ3n) is 6.21. The van der Waals surface area contributed by atoms with Crippen molar-refractivity contribution < 1.29 is 14.3 Å². The molecule has 3 aromatic rings. The summed E-state index contributed by atoms with van der Waals surface area (Å²) in [5.74, 6) is 0.309. The van der Waals surface area contributed by atoms with Crippen molar-refractivity contribution in [2.75, 3.05) is 18.2 Å². The molecule has 0 radical (unpaired) electrons. The Balaban J connectivity index is 1.35. The van der Waals surface area contributed by atoms with Gasteiger partial charge in [0.25, 0.3) is 0 Å². The summed E-state index contributed by atoms with van der Waals surface area (Å²) >= 11 is 4.72. The van der Waals surface area contributed by atoms with Crippen LogP contribution in [0, 0.1) is 5.92 Å². The molecule has 32 heavy (non-hydrogen) atoms. The molecular formula is C23H25N3O3S3. The van der Waals surface area contributed by atoms with Crippen molar-refractivity contribution in [3.05, 3.63) is 32.8 Å². The molecule has 2 aliphatic carbocycles. The van der Waals surface area contributed by atoms with Gasteiger partial charge in [-0.3, -0.25) is 4.79 Å². The van der Waals surface area contributed by atoms with E-state index in [9.17, 15) is 9.59 Å². The maximum atomic E-state index is 12.9. The Labute approximate surface area is 199 Å². The number of carbonyl (C=O) groups is 2. The van der Waals surface area contributed by atoms with Crippen LogP contribution in [-0.2, 0) is 35.2 Å². The number of ether oxygens (including phenoxy) is 1. The first-order valence-electron chi connectivity index (χ1n) is 11.0. The molecule has 2 aliphatic rings. The lowest BCUT2D eigenvalue weighted by Gasteiger charge is -2.18. The van der Waals surface area contributed by atoms with Crippen molar-refractivity contribution in [3.63, 3.8) is 0 Å². The van der Waals surface area contributed by atoms with Crippen LogP contribution in [0.4, 0.5) is 5.00 Å². The third kappa shape index (κ3) is 4.06. The number of amides is 1. The minimum absolute atomic E-state index is 0.136. The molecule has 1 N–H and O–H groups in total. The Bertz CT molecular complexity index is 1200. The van der Waals surface area contributed by atoms with Gasteiger partial charge in [0, 0.05) is 15.1 Å². The smallest absolute Gasteiger partial charge is 0.341 e. The molecule has 3 heterocycles. The highest BCUT2D eigenvalue weighted by molar-refractivity contribution is 8.00. The fraction of sp³-hybridized carbons (Fsp3) is 0.478. The number of hydrogen-bond acceptors (Lipinski definition) is 8. The zero-order valence-electron chi connectivity index (χ0n) is 18.2. The molecule has 0 saturated heterocycles. The van der Waals surface area contributed by atoms with E-state index in [4.69, 9.17) is 4.74 Å². The number of hydrogen-bond donors (Lipinski definition) is 1. The van der Waals surface area contributed by atoms with Crippen molar-refractivity contribution in [1.82, 2.24) is 9.97 Å². The van der Waals surface area contributed by atoms with Crippen LogP contribution < -0.4 is 5.32 Å². The van der Waals surface area contributed by atoms with Gasteiger partial charge in [-0.15, -0.1) is 22.7 Å². The van der Waals surface area contributed by atoms with E-state index in [2.05, 4.69) is 22.2 Å². The number of carbonyl (C=O) groups excluding carboxylic acids is 2. The highest BCUT2D eigenvalue weighted by Gasteiger charge is 2.29. The Morgan fingerprint density at radius 3 is 2.84 bits per heavy atom. The average molecular weight is 488 g/mol. The Kier molecular flexibility index (Phi) is 6.22. The quantitative estimate of drug-likeness (QED) is 0.300. The summed E-state index contributed by atoms with van der Waals surface area (Å²) in [5, 5.41) is 5.60. The van der Waals surface area contributed by atoms with Gasteiger partial charge >= 0.3 is 5.97 Å². The topological polar surface area (TPSA) is 81.2 Å². The molecule has 168 valence electrons. The number of aromatic nitrogens is 2. The summed E-state index contributed by atoms with van der Waals surface area (Å²) in [6, 6.07) is 0. The van der Waals surface area contributed by atoms with Crippen molar-refractivity contribution in [3.8, 4) is 0 Å². The number of methoxy groups -OCH3 is 1. The normalized spacial score (nSPS) is 17.6. The molecule has 3 aromatic heterocycles. The Morgan fingerprint density at radius 2 is 2.00 bits per heavy atom. The third-order valence-corrected chi connectivity index (χ3v) is 9.57. The van der Waals surface area contributed by atoms with Crippen LogP contribution in [0.1, 0.15) is 57.4 Å². The van der Waals surface area contributed by atoms with E-state index in [0.29, 0.717) is 16.5 Å². The predicted octanol–water partition coefficient (Wildman–Crippen LogP) is 5.27. The van der Waals surface area contributed by atoms with Crippen LogP contribution in [0.25, 0.3) is 10.2 Å². The molecule has 5 rings (SSSR count). The van der Waals surface area contributed by atoms with Gasteiger partial charge < -0.3 is 10.1 Å². The van der Waals surface area contributed by atoms with E-state index in [0.717, 1.165) is 52.9 Å². The molecule has 0 saturated carbocycles. The number of rotatable bonds is 5. The van der Waals surface area contributed by atoms with Gasteiger partial charge in [0.1, 0.15) is 21.2 Å². The molecule has 0 spiro atoms. The van der Waals surface area contributed by atoms with Gasteiger partial charge in [-0.25, -0.2) is 14.8 Å². The van der Waals surface area contributed by atoms with Crippen LogP contribution in [0.15, 0.2) is 11.4 Å². The lowest BCUT2D eigenvalue weighted by Crippen LogP contribution is -2.17. The molecule has 1 unspecified atom stereocenters. The lowest BCUT2D eigenvalue weighted by molar-refractivity contribution is -0.113. The van der Waals surface area contributed by atoms with Gasteiger partial charge in [0.15, 0.2) is 0 Å². The monoisotopic (exact) mass is 487 g/mol. The number of nitrogens with one attached hydrogen (secondary N) is 1. The number of aryl methyl sites for hydroxylation is 2. The highest BCUT2D eigenvalue weighted by Crippen LogP contribution is 2.41. The number of fused-ring (bicyclic) bond motifs is 4. The minimum atomic E-state index is -0.373. The second-order valence-corrected chi connectivity index (χ2v) is 11.6. The molecule has 1 amide bonds. The number of anilines is 1. The summed E-state index contributed by atoms with van der Waals surface area (Å²) in [4.78, 5) is 37.9. The highest BCUT2D eigenvalue weighted by atomic mass is 32.2. The molecule has 1 atom stereocenters. The number of nitrogens with zero attached hydrogens (tertiary/aromatic N) is 2. The standard InChI is InChI=1S/C23H25N3O3S3/c1-12-7-8-14-16(9-12)32-22(19(14)23(28)29-2)26-17(27)10-30-20-18-13-5-3-4-6-15(13)31-21(18)25-11-24-20/h11-12H,3-10H2,1-2H3,(H,26,27). The first kappa shape index (κ1) is 21.9. The number of thioether (sulfide) groups is 1. The maximum absolute atomic E-state index is 12.9. The maximum Gasteiger partial charge on any atom is 0.341 e. The van der Waals surface area contributed by atoms with Crippen LogP contribution in [0.3, 0.4) is 0 Å². The molecule has 0 aromatic carbocycles. The summed E-state index contributed by atoms with van der Waals surface area (Å²) < 4.78 is 5.03. The fourth-order valence-corrected chi connectivity index (χ4v) is 8.16. The van der Waals surface area contributed by atoms with Crippen molar-refractivity contribution >= 4 is 61.5 Å². The summed E-state index contributed by atoms with van der Waals surface area (Å²) in [6.07, 6.45) is 9.02. The van der Waals surface area contributed by atoms with Gasteiger partial charge in [0.2, 0.25) is 5.91 Å². The van der Waals surface area contributed by atoms with E-state index in [1.807, 2.05) is 0 Å². The molecule has 9 heteroatoms. The Morgan fingerprint density at radius 1 is 1.16 bits per heavy atom. The largest absolute Gasteiger partial charge is 0.465 e. The molecular weight excluding hydrogens is 462 g/mol. The van der Waals surface area contributed by atoms with Crippen LogP contribution in [0.5, 0.6) is 0 Å². The van der Waals surface area contributed by atoms with Crippen LogP contribution >= 0.6 is 34.4 Å². The van der Waals surface area contributed by atoms with Gasteiger partial charge in [-0.2, -0.15) is 0 Å².